The van der Waals surface area contributed by atoms with E-state index in [-0.39, 0.29) is 11.7 Å². The highest BCUT2D eigenvalue weighted by Gasteiger charge is 2.27. The number of amides is 1. The average molecular weight is 418 g/mol. The zero-order valence-corrected chi connectivity index (χ0v) is 18.4. The topological polar surface area (TPSA) is 47.6 Å². The van der Waals surface area contributed by atoms with Crippen LogP contribution in [0, 0.1) is 24.2 Å². The van der Waals surface area contributed by atoms with E-state index >= 15 is 0 Å². The highest BCUT2D eigenvalue weighted by atomic mass is 32.2. The Kier molecular flexibility index (Phi) is 10.4. The second kappa shape index (κ2) is 12.2. The number of methoxy groups -OCH3 is 1. The van der Waals surface area contributed by atoms with Crippen LogP contribution >= 0.6 is 11.8 Å². The number of halogens is 1. The van der Waals surface area contributed by atoms with E-state index in [1.807, 2.05) is 6.92 Å². The van der Waals surface area contributed by atoms with Gasteiger partial charge in [0.1, 0.15) is 0 Å². The molecule has 1 aliphatic rings. The Hall–Kier alpha value is -2.41. The Bertz CT molecular complexity index is 819. The fourth-order valence-corrected chi connectivity index (χ4v) is 2.83. The van der Waals surface area contributed by atoms with Crippen LogP contribution in [0.1, 0.15) is 33.6 Å². The first-order valence-corrected chi connectivity index (χ1v) is 10.5. The van der Waals surface area contributed by atoms with Crippen LogP contribution in [-0.2, 0) is 14.3 Å². The second-order valence-electron chi connectivity index (χ2n) is 6.72. The molecule has 29 heavy (non-hydrogen) atoms. The van der Waals surface area contributed by atoms with Crippen LogP contribution in [0.4, 0.5) is 4.39 Å². The molecule has 0 spiro atoms. The van der Waals surface area contributed by atoms with Gasteiger partial charge in [-0.25, -0.2) is 4.39 Å². The van der Waals surface area contributed by atoms with Gasteiger partial charge in [-0.1, -0.05) is 23.8 Å². The standard InChI is InChI=1S/C23H28FNO3S/c1-7-17(8-2)15-18-11-12-19(24)20(16-18)28-22(29-6)21(26)25-23(3,4)13-9-10-14-27-5/h1,8,12,15-16,22H,10-11,14H2,2-6H3,(H,25,26)/b17-8-,18-15+. The normalized spacial score (nSPS) is 16.7. The Morgan fingerprint density at radius 2 is 2.24 bits per heavy atom. The Labute approximate surface area is 177 Å². The summed E-state index contributed by atoms with van der Waals surface area (Å²) in [5, 5.41) is 2.83. The monoisotopic (exact) mass is 417 g/mol. The molecule has 1 atom stereocenters. The zero-order valence-electron chi connectivity index (χ0n) is 17.6. The van der Waals surface area contributed by atoms with Crippen LogP contribution in [-0.4, -0.2) is 36.9 Å². The number of rotatable bonds is 8. The third kappa shape index (κ3) is 8.64. The lowest BCUT2D eigenvalue weighted by Crippen LogP contribution is -2.46. The molecule has 0 heterocycles. The van der Waals surface area contributed by atoms with Gasteiger partial charge in [0, 0.05) is 19.1 Å². The predicted molar refractivity (Wildman–Crippen MR) is 117 cm³/mol. The molecule has 0 bridgehead atoms. The first-order valence-electron chi connectivity index (χ1n) is 9.18. The maximum absolute atomic E-state index is 14.3. The van der Waals surface area contributed by atoms with Crippen LogP contribution in [0.25, 0.3) is 0 Å². The van der Waals surface area contributed by atoms with Crippen molar-refractivity contribution in [3.63, 3.8) is 0 Å². The summed E-state index contributed by atoms with van der Waals surface area (Å²) in [4.78, 5) is 12.6. The van der Waals surface area contributed by atoms with Crippen molar-refractivity contribution >= 4 is 17.7 Å². The van der Waals surface area contributed by atoms with Gasteiger partial charge < -0.3 is 14.8 Å². The molecule has 0 aromatic heterocycles. The van der Waals surface area contributed by atoms with Gasteiger partial charge in [0.25, 0.3) is 5.91 Å². The van der Waals surface area contributed by atoms with Crippen molar-refractivity contribution in [2.45, 2.75) is 44.6 Å². The van der Waals surface area contributed by atoms with Crippen LogP contribution in [0.15, 0.2) is 47.0 Å². The summed E-state index contributed by atoms with van der Waals surface area (Å²) in [6.45, 7) is 5.95. The van der Waals surface area contributed by atoms with E-state index in [0.717, 1.165) is 5.57 Å². The smallest absolute Gasteiger partial charge is 0.272 e. The quantitative estimate of drug-likeness (QED) is 0.364. The second-order valence-corrected chi connectivity index (χ2v) is 7.62. The van der Waals surface area contributed by atoms with E-state index in [0.29, 0.717) is 25.0 Å². The van der Waals surface area contributed by atoms with Crippen molar-refractivity contribution < 1.29 is 18.7 Å². The van der Waals surface area contributed by atoms with E-state index in [4.69, 9.17) is 15.9 Å². The molecule has 0 saturated carbocycles. The fourth-order valence-electron chi connectivity index (χ4n) is 2.36. The Morgan fingerprint density at radius 3 is 2.83 bits per heavy atom. The molecular formula is C23H28FNO3S. The first kappa shape index (κ1) is 24.6. The average Bonchev–Trinajstić information content (AvgIpc) is 2.69. The SMILES string of the molecule is C#CC(=C/C)/C=C1/C=C(OC(SC)C(=O)NC(C)(C)C#CCCOC)C(F)=CC1. The van der Waals surface area contributed by atoms with Crippen molar-refractivity contribution in [3.8, 4) is 24.2 Å². The molecule has 0 saturated heterocycles. The number of carbonyl (C=O) groups excluding carboxylic acids is 1. The summed E-state index contributed by atoms with van der Waals surface area (Å²) < 4.78 is 24.9. The van der Waals surface area contributed by atoms with Crippen molar-refractivity contribution in [3.05, 3.63) is 47.0 Å². The van der Waals surface area contributed by atoms with E-state index in [1.54, 1.807) is 45.4 Å². The summed E-state index contributed by atoms with van der Waals surface area (Å²) >= 11 is 1.17. The van der Waals surface area contributed by atoms with E-state index in [9.17, 15) is 9.18 Å². The van der Waals surface area contributed by atoms with Crippen LogP contribution < -0.4 is 5.32 Å². The minimum absolute atomic E-state index is 0.00783. The molecule has 4 nitrogen and oxygen atoms in total. The van der Waals surface area contributed by atoms with Gasteiger partial charge in [0.2, 0.25) is 5.44 Å². The van der Waals surface area contributed by atoms with Gasteiger partial charge in [0.05, 0.1) is 12.1 Å². The maximum atomic E-state index is 14.3. The number of allylic oxidation sites excluding steroid dienone is 7. The molecule has 0 radical (unpaired) electrons. The van der Waals surface area contributed by atoms with Crippen LogP contribution in [0.5, 0.6) is 0 Å². The molecule has 1 unspecified atom stereocenters. The molecule has 0 fully saturated rings. The summed E-state index contributed by atoms with van der Waals surface area (Å²) in [6, 6.07) is 0. The summed E-state index contributed by atoms with van der Waals surface area (Å²) in [5.41, 5.74) is -0.180. The number of carbonyl (C=O) groups is 1. The number of ether oxygens (including phenoxy) is 2. The Balaban J connectivity index is 2.90. The van der Waals surface area contributed by atoms with Gasteiger partial charge in [-0.2, -0.15) is 0 Å². The molecule has 0 aliphatic heterocycles. The lowest BCUT2D eigenvalue weighted by molar-refractivity contribution is -0.127. The van der Waals surface area contributed by atoms with Gasteiger partial charge in [-0.15, -0.1) is 18.2 Å². The predicted octanol–water partition coefficient (Wildman–Crippen LogP) is 4.27. The molecule has 1 N–H and O–H groups in total. The lowest BCUT2D eigenvalue weighted by Gasteiger charge is -2.25. The first-order chi connectivity index (χ1) is 13.8. The van der Waals surface area contributed by atoms with Crippen molar-refractivity contribution in [1.29, 1.82) is 0 Å². The number of terminal acetylenes is 1. The van der Waals surface area contributed by atoms with E-state index in [1.165, 1.54) is 17.8 Å². The Morgan fingerprint density at radius 1 is 1.52 bits per heavy atom. The third-order valence-electron chi connectivity index (χ3n) is 3.82. The van der Waals surface area contributed by atoms with Crippen molar-refractivity contribution in [1.82, 2.24) is 5.32 Å². The molecule has 1 aliphatic carbocycles. The molecule has 0 aromatic carbocycles. The summed E-state index contributed by atoms with van der Waals surface area (Å²) in [6.07, 6.45) is 14.7. The maximum Gasteiger partial charge on any atom is 0.272 e. The molecule has 6 heteroatoms. The third-order valence-corrected chi connectivity index (χ3v) is 4.56. The van der Waals surface area contributed by atoms with Gasteiger partial charge in [-0.05, 0) is 57.2 Å². The summed E-state index contributed by atoms with van der Waals surface area (Å²) in [7, 11) is 1.61. The number of nitrogens with one attached hydrogen (secondary N) is 1. The molecule has 0 aromatic rings. The fraction of sp³-hybridized carbons (Fsp3) is 0.435. The number of thioether (sulfide) groups is 1. The van der Waals surface area contributed by atoms with Gasteiger partial charge in [0.15, 0.2) is 11.6 Å². The number of hydrogen-bond acceptors (Lipinski definition) is 4. The van der Waals surface area contributed by atoms with Crippen LogP contribution in [0.3, 0.4) is 0 Å². The minimum Gasteiger partial charge on any atom is -0.467 e. The molecule has 1 amide bonds. The lowest BCUT2D eigenvalue weighted by atomic mass is 10.0. The number of hydrogen-bond donors (Lipinski definition) is 1. The van der Waals surface area contributed by atoms with E-state index in [2.05, 4.69) is 23.1 Å². The zero-order chi connectivity index (χ0) is 21.9. The van der Waals surface area contributed by atoms with Gasteiger partial charge >= 0.3 is 0 Å². The van der Waals surface area contributed by atoms with E-state index < -0.39 is 16.8 Å². The van der Waals surface area contributed by atoms with Gasteiger partial charge in [-0.3, -0.25) is 4.79 Å². The molecule has 1 rings (SSSR count). The summed E-state index contributed by atoms with van der Waals surface area (Å²) in [5.74, 6) is 7.64. The highest BCUT2D eigenvalue weighted by molar-refractivity contribution is 7.99. The van der Waals surface area contributed by atoms with Crippen LogP contribution in [0.2, 0.25) is 0 Å². The largest absolute Gasteiger partial charge is 0.467 e. The van der Waals surface area contributed by atoms with Crippen molar-refractivity contribution in [2.75, 3.05) is 20.0 Å². The minimum atomic E-state index is -0.923. The highest BCUT2D eigenvalue weighted by Crippen LogP contribution is 2.28. The van der Waals surface area contributed by atoms with Crippen molar-refractivity contribution in [2.24, 2.45) is 0 Å². The molecular weight excluding hydrogens is 389 g/mol. The molecule has 156 valence electrons.